The number of nitrogens with zero attached hydrogens (tertiary/aromatic N) is 2. The molecule has 1 heterocycles. The molecule has 0 saturated carbocycles. The Morgan fingerprint density at radius 2 is 2.14 bits per heavy atom. The van der Waals surface area contributed by atoms with Gasteiger partial charge < -0.3 is 11.1 Å². The highest BCUT2D eigenvalue weighted by Crippen LogP contribution is 2.16. The van der Waals surface area contributed by atoms with Gasteiger partial charge >= 0.3 is 0 Å². The Balaban J connectivity index is 2.07. The van der Waals surface area contributed by atoms with Crippen molar-refractivity contribution >= 4 is 23.1 Å². The molecule has 0 fully saturated rings. The van der Waals surface area contributed by atoms with E-state index in [0.29, 0.717) is 17.1 Å². The van der Waals surface area contributed by atoms with Crippen LogP contribution in [-0.2, 0) is 6.42 Å². The van der Waals surface area contributed by atoms with Gasteiger partial charge in [-0.05, 0) is 42.2 Å². The second-order valence-electron chi connectivity index (χ2n) is 4.34. The predicted octanol–water partition coefficient (Wildman–Crippen LogP) is 2.05. The summed E-state index contributed by atoms with van der Waals surface area (Å²) in [6.45, 7) is 2.37. The molecule has 0 aliphatic heterocycles. The number of nitrogens with one attached hydrogen (secondary N) is 1. The molecule has 2 aromatic rings. The molecular weight excluding hydrogens is 284 g/mol. The fourth-order valence-corrected chi connectivity index (χ4v) is 2.36. The van der Waals surface area contributed by atoms with Crippen molar-refractivity contribution in [3.8, 4) is 11.8 Å². The smallest absolute Gasteiger partial charge is 0.269 e. The van der Waals surface area contributed by atoms with Gasteiger partial charge in [0.1, 0.15) is 4.88 Å². The summed E-state index contributed by atoms with van der Waals surface area (Å²) in [5.74, 6) is 5.54. The average molecular weight is 300 g/mol. The molecule has 0 radical (unpaired) electrons. The van der Waals surface area contributed by atoms with Gasteiger partial charge in [0.05, 0.1) is 12.2 Å². The molecule has 3 N–H and O–H groups in total. The summed E-state index contributed by atoms with van der Waals surface area (Å²) in [6, 6.07) is 7.31. The molecule has 108 valence electrons. The van der Waals surface area contributed by atoms with Crippen LogP contribution < -0.4 is 11.1 Å². The van der Waals surface area contributed by atoms with E-state index in [1.165, 1.54) is 0 Å². The van der Waals surface area contributed by atoms with E-state index >= 15 is 0 Å². The van der Waals surface area contributed by atoms with Gasteiger partial charge in [0, 0.05) is 11.3 Å². The predicted molar refractivity (Wildman–Crippen MR) is 84.2 cm³/mol. The van der Waals surface area contributed by atoms with Crippen LogP contribution in [0.15, 0.2) is 24.3 Å². The Hall–Kier alpha value is -2.23. The summed E-state index contributed by atoms with van der Waals surface area (Å²) in [5.41, 5.74) is 7.66. The lowest BCUT2D eigenvalue weighted by Gasteiger charge is -2.04. The zero-order valence-corrected chi connectivity index (χ0v) is 12.5. The quantitative estimate of drug-likeness (QED) is 0.847. The second-order valence-corrected chi connectivity index (χ2v) is 5.09. The van der Waals surface area contributed by atoms with E-state index in [1.807, 2.05) is 31.2 Å². The minimum absolute atomic E-state index is 0.172. The van der Waals surface area contributed by atoms with Gasteiger partial charge in [-0.25, -0.2) is 0 Å². The Morgan fingerprint density at radius 1 is 1.38 bits per heavy atom. The van der Waals surface area contributed by atoms with Crippen molar-refractivity contribution < 1.29 is 4.79 Å². The molecule has 0 aliphatic rings. The van der Waals surface area contributed by atoms with Crippen molar-refractivity contribution in [3.63, 3.8) is 0 Å². The number of hydrogen-bond acceptors (Lipinski definition) is 5. The second kappa shape index (κ2) is 7.53. The fraction of sp³-hybridized carbons (Fsp3) is 0.267. The minimum atomic E-state index is -0.172. The zero-order chi connectivity index (χ0) is 15.1. The normalized spacial score (nSPS) is 9.81. The molecule has 0 aliphatic carbocycles. The average Bonchev–Trinajstić information content (AvgIpc) is 2.95. The standard InChI is InChI=1S/C15H16N4OS/c1-2-4-13-14(21-19-18-13)15(20)17-12-8-6-11(7-9-12)5-3-10-16/h6-9H,2,4,10,16H2,1H3,(H,17,20). The lowest BCUT2D eigenvalue weighted by molar-refractivity contribution is 0.102. The molecule has 1 aromatic heterocycles. The van der Waals surface area contributed by atoms with Crippen LogP contribution in [0.1, 0.15) is 34.3 Å². The monoisotopic (exact) mass is 300 g/mol. The molecule has 0 saturated heterocycles. The Morgan fingerprint density at radius 3 is 2.81 bits per heavy atom. The molecule has 0 unspecified atom stereocenters. The third-order valence-electron chi connectivity index (χ3n) is 2.73. The number of aromatic nitrogens is 2. The number of amides is 1. The number of benzene rings is 1. The van der Waals surface area contributed by atoms with Gasteiger partial charge in [-0.2, -0.15) is 0 Å². The van der Waals surface area contributed by atoms with Crippen LogP contribution in [0.5, 0.6) is 0 Å². The van der Waals surface area contributed by atoms with Crippen molar-refractivity contribution in [3.05, 3.63) is 40.4 Å². The molecule has 0 bridgehead atoms. The van der Waals surface area contributed by atoms with Gasteiger partial charge in [0.25, 0.3) is 5.91 Å². The summed E-state index contributed by atoms with van der Waals surface area (Å²) in [4.78, 5) is 12.8. The summed E-state index contributed by atoms with van der Waals surface area (Å²) in [6.07, 6.45) is 1.69. The molecule has 6 heteroatoms. The van der Waals surface area contributed by atoms with Gasteiger partial charge in [0.15, 0.2) is 0 Å². The van der Waals surface area contributed by atoms with E-state index in [2.05, 4.69) is 26.7 Å². The summed E-state index contributed by atoms with van der Waals surface area (Å²) in [5, 5.41) is 6.84. The zero-order valence-electron chi connectivity index (χ0n) is 11.7. The molecule has 1 aromatic carbocycles. The number of carbonyl (C=O) groups is 1. The summed E-state index contributed by atoms with van der Waals surface area (Å²) >= 11 is 1.12. The van der Waals surface area contributed by atoms with Crippen molar-refractivity contribution in [2.24, 2.45) is 5.73 Å². The number of rotatable bonds is 4. The minimum Gasteiger partial charge on any atom is -0.321 e. The Labute approximate surface area is 127 Å². The molecule has 0 spiro atoms. The number of anilines is 1. The Bertz CT molecular complexity index is 667. The van der Waals surface area contributed by atoms with Crippen LogP contribution in [0.2, 0.25) is 0 Å². The highest BCUT2D eigenvalue weighted by Gasteiger charge is 2.15. The molecular formula is C15H16N4OS. The van der Waals surface area contributed by atoms with Crippen LogP contribution in [0.3, 0.4) is 0 Å². The maximum absolute atomic E-state index is 12.2. The lowest BCUT2D eigenvalue weighted by Crippen LogP contribution is -2.12. The van der Waals surface area contributed by atoms with Gasteiger partial charge in [-0.1, -0.05) is 29.7 Å². The van der Waals surface area contributed by atoms with Crippen molar-refractivity contribution in [2.75, 3.05) is 11.9 Å². The van der Waals surface area contributed by atoms with Crippen molar-refractivity contribution in [1.29, 1.82) is 0 Å². The largest absolute Gasteiger partial charge is 0.321 e. The van der Waals surface area contributed by atoms with Crippen LogP contribution in [-0.4, -0.2) is 22.0 Å². The van der Waals surface area contributed by atoms with E-state index in [0.717, 1.165) is 35.6 Å². The third-order valence-corrected chi connectivity index (χ3v) is 3.49. The molecule has 2 rings (SSSR count). The van der Waals surface area contributed by atoms with Crippen LogP contribution in [0, 0.1) is 11.8 Å². The van der Waals surface area contributed by atoms with Crippen molar-refractivity contribution in [2.45, 2.75) is 19.8 Å². The van der Waals surface area contributed by atoms with E-state index in [1.54, 1.807) is 0 Å². The van der Waals surface area contributed by atoms with Crippen LogP contribution in [0.4, 0.5) is 5.69 Å². The summed E-state index contributed by atoms with van der Waals surface area (Å²) in [7, 11) is 0. The highest BCUT2D eigenvalue weighted by molar-refractivity contribution is 7.08. The SMILES string of the molecule is CCCc1nnsc1C(=O)Nc1ccc(C#CCN)cc1. The van der Waals surface area contributed by atoms with Crippen LogP contribution >= 0.6 is 11.5 Å². The molecule has 0 atom stereocenters. The maximum Gasteiger partial charge on any atom is 0.269 e. The molecule has 21 heavy (non-hydrogen) atoms. The topological polar surface area (TPSA) is 80.9 Å². The van der Waals surface area contributed by atoms with Gasteiger partial charge in [-0.3, -0.25) is 4.79 Å². The van der Waals surface area contributed by atoms with E-state index in [-0.39, 0.29) is 5.91 Å². The van der Waals surface area contributed by atoms with Gasteiger partial charge in [0.2, 0.25) is 0 Å². The first-order valence-electron chi connectivity index (χ1n) is 6.66. The first kappa shape index (κ1) is 15.2. The van der Waals surface area contributed by atoms with E-state index < -0.39 is 0 Å². The first-order chi connectivity index (χ1) is 10.2. The lowest BCUT2D eigenvalue weighted by atomic mass is 10.2. The summed E-state index contributed by atoms with van der Waals surface area (Å²) < 4.78 is 3.85. The first-order valence-corrected chi connectivity index (χ1v) is 7.43. The van der Waals surface area contributed by atoms with E-state index in [9.17, 15) is 4.79 Å². The molecule has 1 amide bonds. The number of carbonyl (C=O) groups excluding carboxylic acids is 1. The fourth-order valence-electron chi connectivity index (χ4n) is 1.76. The number of hydrogen-bond donors (Lipinski definition) is 2. The number of nitrogens with two attached hydrogens (primary N) is 1. The highest BCUT2D eigenvalue weighted by atomic mass is 32.1. The number of aryl methyl sites for hydroxylation is 1. The van der Waals surface area contributed by atoms with Crippen molar-refractivity contribution in [1.82, 2.24) is 9.59 Å². The van der Waals surface area contributed by atoms with Crippen LogP contribution in [0.25, 0.3) is 0 Å². The Kier molecular flexibility index (Phi) is 5.43. The third kappa shape index (κ3) is 4.12. The maximum atomic E-state index is 12.2. The van der Waals surface area contributed by atoms with Gasteiger partial charge in [-0.15, -0.1) is 5.10 Å². The van der Waals surface area contributed by atoms with E-state index in [4.69, 9.17) is 5.73 Å². The molecule has 5 nitrogen and oxygen atoms in total.